The lowest BCUT2D eigenvalue weighted by atomic mass is 10.0. The Morgan fingerprint density at radius 2 is 1.86 bits per heavy atom. The highest BCUT2D eigenvalue weighted by Crippen LogP contribution is 2.18. The van der Waals surface area contributed by atoms with Crippen LogP contribution in [-0.2, 0) is 0 Å². The highest BCUT2D eigenvalue weighted by molar-refractivity contribution is 5.95. The summed E-state index contributed by atoms with van der Waals surface area (Å²) in [4.78, 5) is 17.0. The fraction of sp³-hybridized carbons (Fsp3) is 0.647. The lowest BCUT2D eigenvalue weighted by Crippen LogP contribution is -2.36. The number of hydrogen-bond acceptors (Lipinski definition) is 3. The van der Waals surface area contributed by atoms with Gasteiger partial charge in [-0.2, -0.15) is 0 Å². The summed E-state index contributed by atoms with van der Waals surface area (Å²) in [5.41, 5.74) is 1.62. The van der Waals surface area contributed by atoms with Gasteiger partial charge in [0.1, 0.15) is 5.82 Å². The van der Waals surface area contributed by atoms with Gasteiger partial charge >= 0.3 is 0 Å². The van der Waals surface area contributed by atoms with E-state index < -0.39 is 0 Å². The van der Waals surface area contributed by atoms with Crippen molar-refractivity contribution in [3.63, 3.8) is 0 Å². The lowest BCUT2D eigenvalue weighted by Gasteiger charge is -2.18. The second-order valence-corrected chi connectivity index (χ2v) is 6.25. The van der Waals surface area contributed by atoms with E-state index in [0.29, 0.717) is 17.4 Å². The minimum absolute atomic E-state index is 0.0277. The zero-order valence-electron chi connectivity index (χ0n) is 14.2. The van der Waals surface area contributed by atoms with Gasteiger partial charge in [-0.15, -0.1) is 0 Å². The molecular weight excluding hydrogens is 262 g/mol. The van der Waals surface area contributed by atoms with E-state index in [-0.39, 0.29) is 11.9 Å². The molecule has 1 heterocycles. The van der Waals surface area contributed by atoms with Gasteiger partial charge in [0.15, 0.2) is 0 Å². The number of nitrogens with zero attached hydrogens (tertiary/aromatic N) is 1. The standard InChI is InChI=1S/C17H29N3O/c1-7-8-18-16-10-14(9-15(20-16)12(4)5)17(21)19-13(6)11(2)3/h9-13H,7-8H2,1-6H3,(H,18,20)(H,19,21). The van der Waals surface area contributed by atoms with Crippen LogP contribution in [0.3, 0.4) is 0 Å². The lowest BCUT2D eigenvalue weighted by molar-refractivity contribution is 0.0930. The van der Waals surface area contributed by atoms with E-state index in [1.807, 2.05) is 19.1 Å². The third kappa shape index (κ3) is 5.37. The van der Waals surface area contributed by atoms with E-state index >= 15 is 0 Å². The fourth-order valence-electron chi connectivity index (χ4n) is 1.78. The van der Waals surface area contributed by atoms with E-state index in [9.17, 15) is 4.79 Å². The Morgan fingerprint density at radius 1 is 1.19 bits per heavy atom. The number of amides is 1. The molecule has 1 amide bonds. The Morgan fingerprint density at radius 3 is 2.38 bits per heavy atom. The molecular formula is C17H29N3O. The Labute approximate surface area is 128 Å². The summed E-state index contributed by atoms with van der Waals surface area (Å²) in [5.74, 6) is 1.46. The van der Waals surface area contributed by atoms with Crippen LogP contribution in [0.15, 0.2) is 12.1 Å². The molecule has 1 aromatic heterocycles. The van der Waals surface area contributed by atoms with E-state index in [0.717, 1.165) is 24.5 Å². The molecule has 0 aliphatic heterocycles. The highest BCUT2D eigenvalue weighted by Gasteiger charge is 2.15. The molecule has 0 spiro atoms. The summed E-state index contributed by atoms with van der Waals surface area (Å²) in [6.07, 6.45) is 1.03. The Bertz CT molecular complexity index is 469. The number of rotatable bonds is 7. The van der Waals surface area contributed by atoms with Crippen LogP contribution in [0.4, 0.5) is 5.82 Å². The smallest absolute Gasteiger partial charge is 0.251 e. The SMILES string of the molecule is CCCNc1cc(C(=O)NC(C)C(C)C)cc(C(C)C)n1. The molecule has 21 heavy (non-hydrogen) atoms. The predicted molar refractivity (Wildman–Crippen MR) is 88.9 cm³/mol. The third-order valence-electron chi connectivity index (χ3n) is 3.61. The third-order valence-corrected chi connectivity index (χ3v) is 3.61. The van der Waals surface area contributed by atoms with Crippen LogP contribution in [0.5, 0.6) is 0 Å². The summed E-state index contributed by atoms with van der Waals surface area (Å²) in [7, 11) is 0. The van der Waals surface area contributed by atoms with Crippen LogP contribution < -0.4 is 10.6 Å². The van der Waals surface area contributed by atoms with Gasteiger partial charge in [-0.1, -0.05) is 34.6 Å². The molecule has 0 aliphatic rings. The van der Waals surface area contributed by atoms with Crippen LogP contribution in [0.2, 0.25) is 0 Å². The van der Waals surface area contributed by atoms with Gasteiger partial charge in [-0.3, -0.25) is 4.79 Å². The zero-order valence-corrected chi connectivity index (χ0v) is 14.2. The largest absolute Gasteiger partial charge is 0.370 e. The van der Waals surface area contributed by atoms with E-state index in [1.54, 1.807) is 0 Å². The minimum atomic E-state index is -0.0277. The van der Waals surface area contributed by atoms with Crippen molar-refractivity contribution in [2.24, 2.45) is 5.92 Å². The van der Waals surface area contributed by atoms with Crippen LogP contribution >= 0.6 is 0 Å². The summed E-state index contributed by atoms with van der Waals surface area (Å²) >= 11 is 0. The quantitative estimate of drug-likeness (QED) is 0.803. The summed E-state index contributed by atoms with van der Waals surface area (Å²) in [6.45, 7) is 13.4. The van der Waals surface area contributed by atoms with Crippen molar-refractivity contribution < 1.29 is 4.79 Å². The van der Waals surface area contributed by atoms with Gasteiger partial charge < -0.3 is 10.6 Å². The molecule has 2 N–H and O–H groups in total. The fourth-order valence-corrected chi connectivity index (χ4v) is 1.78. The molecule has 0 fully saturated rings. The van der Waals surface area contributed by atoms with Crippen molar-refractivity contribution in [2.45, 2.75) is 59.9 Å². The van der Waals surface area contributed by atoms with Gasteiger partial charge in [-0.25, -0.2) is 4.98 Å². The van der Waals surface area contributed by atoms with Gasteiger partial charge in [0, 0.05) is 23.8 Å². The summed E-state index contributed by atoms with van der Waals surface area (Å²) < 4.78 is 0. The van der Waals surface area contributed by atoms with Gasteiger partial charge in [-0.05, 0) is 37.3 Å². The van der Waals surface area contributed by atoms with Crippen molar-refractivity contribution in [3.8, 4) is 0 Å². The Kier molecular flexibility index (Phi) is 6.66. The molecule has 4 nitrogen and oxygen atoms in total. The first-order valence-electron chi connectivity index (χ1n) is 7.91. The molecule has 0 saturated heterocycles. The summed E-state index contributed by atoms with van der Waals surface area (Å²) in [5, 5.41) is 6.32. The number of aromatic nitrogens is 1. The van der Waals surface area contributed by atoms with Crippen LogP contribution in [0.1, 0.15) is 69.9 Å². The average molecular weight is 291 g/mol. The van der Waals surface area contributed by atoms with Crippen molar-refractivity contribution in [2.75, 3.05) is 11.9 Å². The molecule has 0 aromatic carbocycles. The highest BCUT2D eigenvalue weighted by atomic mass is 16.1. The van der Waals surface area contributed by atoms with E-state index in [2.05, 4.69) is 50.2 Å². The van der Waals surface area contributed by atoms with Crippen LogP contribution in [-0.4, -0.2) is 23.5 Å². The first-order valence-corrected chi connectivity index (χ1v) is 7.91. The maximum absolute atomic E-state index is 12.4. The number of hydrogen-bond donors (Lipinski definition) is 2. The van der Waals surface area contributed by atoms with Crippen molar-refractivity contribution in [1.82, 2.24) is 10.3 Å². The molecule has 0 saturated carbocycles. The topological polar surface area (TPSA) is 54.0 Å². The van der Waals surface area contributed by atoms with Gasteiger partial charge in [0.2, 0.25) is 0 Å². The minimum Gasteiger partial charge on any atom is -0.370 e. The Balaban J connectivity index is 2.98. The molecule has 1 aromatic rings. The van der Waals surface area contributed by atoms with Crippen LogP contribution in [0.25, 0.3) is 0 Å². The maximum atomic E-state index is 12.4. The second-order valence-electron chi connectivity index (χ2n) is 6.25. The first-order chi connectivity index (χ1) is 9.85. The molecule has 0 radical (unpaired) electrons. The number of carbonyl (C=O) groups excluding carboxylic acids is 1. The first kappa shape index (κ1) is 17.5. The molecule has 0 aliphatic carbocycles. The van der Waals surface area contributed by atoms with E-state index in [4.69, 9.17) is 0 Å². The van der Waals surface area contributed by atoms with E-state index in [1.165, 1.54) is 0 Å². The van der Waals surface area contributed by atoms with Crippen molar-refractivity contribution >= 4 is 11.7 Å². The zero-order chi connectivity index (χ0) is 16.0. The average Bonchev–Trinajstić information content (AvgIpc) is 2.44. The number of nitrogens with one attached hydrogen (secondary N) is 2. The van der Waals surface area contributed by atoms with Gasteiger partial charge in [0.05, 0.1) is 0 Å². The molecule has 1 atom stereocenters. The van der Waals surface area contributed by atoms with Crippen LogP contribution in [0, 0.1) is 5.92 Å². The van der Waals surface area contributed by atoms with Gasteiger partial charge in [0.25, 0.3) is 5.91 Å². The Hall–Kier alpha value is -1.58. The number of pyridine rings is 1. The number of carbonyl (C=O) groups is 1. The maximum Gasteiger partial charge on any atom is 0.251 e. The van der Waals surface area contributed by atoms with Crippen molar-refractivity contribution in [1.29, 1.82) is 0 Å². The molecule has 4 heteroatoms. The summed E-state index contributed by atoms with van der Waals surface area (Å²) in [6, 6.07) is 3.88. The van der Waals surface area contributed by atoms with Crippen molar-refractivity contribution in [3.05, 3.63) is 23.4 Å². The second kappa shape index (κ2) is 8.01. The normalized spacial score (nSPS) is 12.6. The monoisotopic (exact) mass is 291 g/mol. The molecule has 0 bridgehead atoms. The molecule has 118 valence electrons. The molecule has 1 unspecified atom stereocenters. The molecule has 1 rings (SSSR count). The predicted octanol–water partition coefficient (Wildman–Crippen LogP) is 3.80. The number of anilines is 1.